The lowest BCUT2D eigenvalue weighted by atomic mass is 9.95. The van der Waals surface area contributed by atoms with E-state index >= 15 is 4.39 Å². The second-order valence-electron chi connectivity index (χ2n) is 11.7. The van der Waals surface area contributed by atoms with Crippen LogP contribution in [0.15, 0.2) is 18.2 Å². The van der Waals surface area contributed by atoms with E-state index in [1.54, 1.807) is 6.07 Å². The number of anilines is 2. The van der Waals surface area contributed by atoms with Crippen LogP contribution in [0.25, 0.3) is 32.2 Å². The van der Waals surface area contributed by atoms with Crippen molar-refractivity contribution in [1.82, 2.24) is 25.2 Å². The fourth-order valence-electron chi connectivity index (χ4n) is 7.00. The third-order valence-electron chi connectivity index (χ3n) is 8.99. The van der Waals surface area contributed by atoms with Crippen molar-refractivity contribution in [1.29, 1.82) is 0 Å². The Balaban J connectivity index is 1.37. The predicted octanol–water partition coefficient (Wildman–Crippen LogP) is 5.24. The summed E-state index contributed by atoms with van der Waals surface area (Å²) in [6.07, 6.45) is 5.11. The van der Waals surface area contributed by atoms with Gasteiger partial charge in [0.2, 0.25) is 0 Å². The summed E-state index contributed by atoms with van der Waals surface area (Å²) in [5.41, 5.74) is 6.67. The van der Waals surface area contributed by atoms with E-state index in [9.17, 15) is 4.39 Å². The van der Waals surface area contributed by atoms with Gasteiger partial charge in [0.05, 0.1) is 26.9 Å². The summed E-state index contributed by atoms with van der Waals surface area (Å²) in [6.45, 7) is 5.09. The average molecular weight is 630 g/mol. The number of ether oxygens (including phenoxy) is 2. The molecule has 0 amide bonds. The number of hydrogen-bond donors (Lipinski definition) is 2. The second-order valence-corrected chi connectivity index (χ2v) is 13.1. The van der Waals surface area contributed by atoms with Crippen LogP contribution < -0.4 is 20.7 Å². The maximum atomic E-state index is 16.8. The van der Waals surface area contributed by atoms with Crippen LogP contribution in [0.5, 0.6) is 6.01 Å². The molecule has 43 heavy (non-hydrogen) atoms. The van der Waals surface area contributed by atoms with Crippen LogP contribution in [-0.4, -0.2) is 84.5 Å². The molecule has 0 saturated carbocycles. The Morgan fingerprint density at radius 1 is 1.14 bits per heavy atom. The molecule has 1 atom stereocenters. The molecule has 3 aliphatic heterocycles. The van der Waals surface area contributed by atoms with E-state index in [0.29, 0.717) is 49.6 Å². The van der Waals surface area contributed by atoms with Crippen molar-refractivity contribution in [3.05, 3.63) is 34.9 Å². The fraction of sp³-hybridized carbons (Fsp3) is 0.500. The minimum atomic E-state index is -0.644. The van der Waals surface area contributed by atoms with Crippen molar-refractivity contribution in [3.63, 3.8) is 0 Å². The van der Waals surface area contributed by atoms with Crippen molar-refractivity contribution in [2.24, 2.45) is 0 Å². The number of nitrogen functional groups attached to an aromatic ring is 1. The molecule has 0 spiro atoms. The van der Waals surface area contributed by atoms with Crippen LogP contribution in [0.4, 0.5) is 19.7 Å². The Hall–Kier alpha value is -2.90. The van der Waals surface area contributed by atoms with Crippen molar-refractivity contribution >= 4 is 55.0 Å². The maximum Gasteiger partial charge on any atom is 0.319 e. The molecule has 3 saturated heterocycles. The zero-order chi connectivity index (χ0) is 29.7. The first-order valence-corrected chi connectivity index (χ1v) is 16.0. The maximum absolute atomic E-state index is 16.8. The second kappa shape index (κ2) is 11.6. The Labute approximate surface area is 257 Å². The first kappa shape index (κ1) is 28.8. The predicted molar refractivity (Wildman–Crippen MR) is 166 cm³/mol. The van der Waals surface area contributed by atoms with Gasteiger partial charge in [0.15, 0.2) is 10.9 Å². The van der Waals surface area contributed by atoms with Gasteiger partial charge in [-0.3, -0.25) is 4.90 Å². The monoisotopic (exact) mass is 629 g/mol. The molecule has 7 rings (SSSR count). The third-order valence-corrected chi connectivity index (χ3v) is 10.2. The summed E-state index contributed by atoms with van der Waals surface area (Å²) in [5.74, 6) is -0.569. The van der Waals surface area contributed by atoms with Crippen LogP contribution in [0, 0.1) is 11.6 Å². The standard InChI is InChI=1S/C30H34ClF2N7O2S/c1-35-14-17-15-39(9-4-12-41-17)27-19-13-20(31)22(18-5-6-21(32)26-25(18)36-28(34)43-26)23(33)24(19)37-29(38-27)42-16-30-7-2-10-40(30)11-3-8-30/h5-6,13,17,35H,2-4,7-12,14-16H2,1H3,(H2,34,36). The van der Waals surface area contributed by atoms with Crippen LogP contribution in [-0.2, 0) is 4.74 Å². The molecule has 228 valence electrons. The van der Waals surface area contributed by atoms with E-state index in [1.807, 2.05) is 7.05 Å². The first-order valence-electron chi connectivity index (χ1n) is 14.8. The van der Waals surface area contributed by atoms with Crippen molar-refractivity contribution in [3.8, 4) is 17.1 Å². The molecule has 13 heteroatoms. The van der Waals surface area contributed by atoms with E-state index in [0.717, 1.165) is 56.5 Å². The van der Waals surface area contributed by atoms with Crippen LogP contribution in [0.3, 0.4) is 0 Å². The Bertz CT molecular complexity index is 1680. The van der Waals surface area contributed by atoms with Crippen molar-refractivity contribution in [2.75, 3.05) is 63.6 Å². The van der Waals surface area contributed by atoms with E-state index < -0.39 is 11.6 Å². The summed E-state index contributed by atoms with van der Waals surface area (Å²) in [6, 6.07) is 4.57. The zero-order valence-electron chi connectivity index (χ0n) is 24.0. The number of rotatable bonds is 7. The van der Waals surface area contributed by atoms with Gasteiger partial charge >= 0.3 is 6.01 Å². The molecule has 3 aliphatic rings. The number of likely N-dealkylation sites (N-methyl/N-ethyl adjacent to an activating group) is 1. The largest absolute Gasteiger partial charge is 0.461 e. The molecule has 2 aromatic heterocycles. The number of nitrogens with zero attached hydrogens (tertiary/aromatic N) is 5. The highest BCUT2D eigenvalue weighted by molar-refractivity contribution is 7.22. The summed E-state index contributed by atoms with van der Waals surface area (Å²) in [4.78, 5) is 18.4. The van der Waals surface area contributed by atoms with E-state index in [4.69, 9.17) is 31.8 Å². The highest BCUT2D eigenvalue weighted by atomic mass is 35.5. The molecule has 3 fully saturated rings. The summed E-state index contributed by atoms with van der Waals surface area (Å²) >= 11 is 7.83. The topological polar surface area (TPSA) is 102 Å². The molecular formula is C30H34ClF2N7O2S. The molecule has 2 aromatic carbocycles. The molecule has 3 N–H and O–H groups in total. The number of fused-ring (bicyclic) bond motifs is 3. The Morgan fingerprint density at radius 3 is 2.74 bits per heavy atom. The van der Waals surface area contributed by atoms with Gasteiger partial charge in [0.25, 0.3) is 0 Å². The summed E-state index contributed by atoms with van der Waals surface area (Å²) in [7, 11) is 1.89. The number of benzene rings is 2. The van der Waals surface area contributed by atoms with Crippen molar-refractivity contribution < 1.29 is 18.3 Å². The van der Waals surface area contributed by atoms with Crippen molar-refractivity contribution in [2.45, 2.75) is 43.7 Å². The quantitative estimate of drug-likeness (QED) is 0.284. The molecule has 9 nitrogen and oxygen atoms in total. The van der Waals surface area contributed by atoms with Crippen LogP contribution in [0.2, 0.25) is 5.02 Å². The third kappa shape index (κ3) is 5.16. The van der Waals surface area contributed by atoms with Crippen LogP contribution >= 0.6 is 22.9 Å². The van der Waals surface area contributed by atoms with Gasteiger partial charge in [-0.15, -0.1) is 0 Å². The van der Waals surface area contributed by atoms with Gasteiger partial charge in [-0.1, -0.05) is 22.9 Å². The van der Waals surface area contributed by atoms with Crippen LogP contribution in [0.1, 0.15) is 32.1 Å². The SMILES string of the molecule is CNCC1CN(c2nc(OCC34CCCN3CCC4)nc3c(F)c(-c4ccc(F)c5sc(N)nc45)c(Cl)cc23)CCCO1. The van der Waals surface area contributed by atoms with Gasteiger partial charge in [0.1, 0.15) is 23.8 Å². The number of halogens is 3. The lowest BCUT2D eigenvalue weighted by Gasteiger charge is -2.31. The zero-order valence-corrected chi connectivity index (χ0v) is 25.5. The number of thiazole rings is 1. The van der Waals surface area contributed by atoms with Gasteiger partial charge in [0, 0.05) is 42.8 Å². The molecular weight excluding hydrogens is 596 g/mol. The van der Waals surface area contributed by atoms with Gasteiger partial charge < -0.3 is 25.4 Å². The van der Waals surface area contributed by atoms with Gasteiger partial charge in [-0.25, -0.2) is 13.8 Å². The Morgan fingerprint density at radius 2 is 1.95 bits per heavy atom. The van der Waals surface area contributed by atoms with E-state index in [2.05, 4.69) is 25.1 Å². The molecule has 5 heterocycles. The number of aromatic nitrogens is 3. The highest BCUT2D eigenvalue weighted by Crippen LogP contribution is 2.43. The molecule has 0 aliphatic carbocycles. The minimum Gasteiger partial charge on any atom is -0.461 e. The summed E-state index contributed by atoms with van der Waals surface area (Å²) < 4.78 is 44.0. The average Bonchev–Trinajstić information content (AvgIpc) is 3.64. The summed E-state index contributed by atoms with van der Waals surface area (Å²) in [5, 5.41) is 3.99. The minimum absolute atomic E-state index is 0.0270. The molecule has 0 bridgehead atoms. The molecule has 0 radical (unpaired) electrons. The fourth-order valence-corrected chi connectivity index (χ4v) is 8.06. The Kier molecular flexibility index (Phi) is 7.75. The molecule has 4 aromatic rings. The smallest absolute Gasteiger partial charge is 0.319 e. The lowest BCUT2D eigenvalue weighted by Crippen LogP contribution is -2.43. The van der Waals surface area contributed by atoms with E-state index in [-0.39, 0.29) is 49.1 Å². The number of hydrogen-bond acceptors (Lipinski definition) is 10. The normalized spacial score (nSPS) is 20.7. The molecule has 1 unspecified atom stereocenters. The van der Waals surface area contributed by atoms with Gasteiger partial charge in [-0.2, -0.15) is 9.97 Å². The number of nitrogens with one attached hydrogen (secondary N) is 1. The first-order chi connectivity index (χ1) is 20.9. The highest BCUT2D eigenvalue weighted by Gasteiger charge is 2.45. The van der Waals surface area contributed by atoms with Gasteiger partial charge in [-0.05, 0) is 70.4 Å². The number of nitrogens with two attached hydrogens (primary N) is 1. The van der Waals surface area contributed by atoms with E-state index in [1.165, 1.54) is 12.1 Å². The lowest BCUT2D eigenvalue weighted by molar-refractivity contribution is 0.0701.